The normalized spacial score (nSPS) is 27.6. The molecule has 0 spiro atoms. The molecule has 1 aliphatic rings. The molecule has 0 aromatic rings. The second kappa shape index (κ2) is 8.46. The van der Waals surface area contributed by atoms with Crippen molar-refractivity contribution in [3.63, 3.8) is 0 Å². The van der Waals surface area contributed by atoms with Crippen LogP contribution in [0.5, 0.6) is 0 Å². The summed E-state index contributed by atoms with van der Waals surface area (Å²) < 4.78 is 0. The summed E-state index contributed by atoms with van der Waals surface area (Å²) in [5, 5.41) is 3.69. The molecular formula is C13H27NS. The number of rotatable bonds is 6. The van der Waals surface area contributed by atoms with E-state index in [1.807, 2.05) is 0 Å². The van der Waals surface area contributed by atoms with E-state index in [2.05, 4.69) is 30.9 Å². The van der Waals surface area contributed by atoms with Crippen molar-refractivity contribution in [2.24, 2.45) is 5.92 Å². The maximum absolute atomic E-state index is 3.69. The fourth-order valence-corrected chi connectivity index (χ4v) is 3.40. The van der Waals surface area contributed by atoms with Crippen LogP contribution < -0.4 is 5.32 Å². The van der Waals surface area contributed by atoms with Crippen molar-refractivity contribution >= 4 is 11.8 Å². The SMILES string of the molecule is CCNC1CCCCCC1CCSCC. The van der Waals surface area contributed by atoms with Crippen molar-refractivity contribution in [1.29, 1.82) is 0 Å². The largest absolute Gasteiger partial charge is 0.314 e. The Bertz CT molecular complexity index is 149. The maximum Gasteiger partial charge on any atom is 0.00955 e. The van der Waals surface area contributed by atoms with Crippen molar-refractivity contribution in [2.75, 3.05) is 18.1 Å². The Balaban J connectivity index is 2.32. The Kier molecular flexibility index (Phi) is 7.54. The van der Waals surface area contributed by atoms with Gasteiger partial charge in [-0.05, 0) is 43.2 Å². The van der Waals surface area contributed by atoms with Gasteiger partial charge in [0.1, 0.15) is 0 Å². The minimum Gasteiger partial charge on any atom is -0.314 e. The van der Waals surface area contributed by atoms with Crippen LogP contribution in [0.4, 0.5) is 0 Å². The molecule has 0 aromatic heterocycles. The molecule has 1 saturated carbocycles. The van der Waals surface area contributed by atoms with E-state index in [1.54, 1.807) is 0 Å². The summed E-state index contributed by atoms with van der Waals surface area (Å²) in [6.07, 6.45) is 8.66. The molecule has 0 bridgehead atoms. The summed E-state index contributed by atoms with van der Waals surface area (Å²) >= 11 is 2.10. The molecule has 1 rings (SSSR count). The minimum atomic E-state index is 0.815. The van der Waals surface area contributed by atoms with Crippen LogP contribution in [0.1, 0.15) is 52.4 Å². The van der Waals surface area contributed by atoms with Gasteiger partial charge in [-0.1, -0.05) is 33.1 Å². The maximum atomic E-state index is 3.69. The van der Waals surface area contributed by atoms with E-state index >= 15 is 0 Å². The first kappa shape index (κ1) is 13.4. The highest BCUT2D eigenvalue weighted by Crippen LogP contribution is 2.27. The molecule has 90 valence electrons. The lowest BCUT2D eigenvalue weighted by atomic mass is 9.92. The van der Waals surface area contributed by atoms with Crippen molar-refractivity contribution in [3.05, 3.63) is 0 Å². The van der Waals surface area contributed by atoms with Crippen LogP contribution in [0.3, 0.4) is 0 Å². The van der Waals surface area contributed by atoms with Gasteiger partial charge < -0.3 is 5.32 Å². The monoisotopic (exact) mass is 229 g/mol. The highest BCUT2D eigenvalue weighted by atomic mass is 32.2. The predicted octanol–water partition coefficient (Wildman–Crippen LogP) is 3.69. The molecule has 2 unspecified atom stereocenters. The molecule has 1 nitrogen and oxygen atoms in total. The van der Waals surface area contributed by atoms with Gasteiger partial charge in [0.15, 0.2) is 0 Å². The van der Waals surface area contributed by atoms with Crippen LogP contribution in [-0.4, -0.2) is 24.1 Å². The van der Waals surface area contributed by atoms with Crippen LogP contribution in [0.25, 0.3) is 0 Å². The molecule has 0 amide bonds. The van der Waals surface area contributed by atoms with E-state index in [-0.39, 0.29) is 0 Å². The van der Waals surface area contributed by atoms with E-state index in [0.29, 0.717) is 0 Å². The van der Waals surface area contributed by atoms with Gasteiger partial charge in [0.2, 0.25) is 0 Å². The standard InChI is InChI=1S/C13H27NS/c1-3-14-13-9-7-5-6-8-12(13)10-11-15-4-2/h12-14H,3-11H2,1-2H3. The second-order valence-electron chi connectivity index (χ2n) is 4.55. The van der Waals surface area contributed by atoms with Crippen LogP contribution in [-0.2, 0) is 0 Å². The summed E-state index contributed by atoms with van der Waals surface area (Å²) in [6, 6.07) is 0.815. The fraction of sp³-hybridized carbons (Fsp3) is 1.00. The zero-order valence-electron chi connectivity index (χ0n) is 10.4. The number of nitrogens with one attached hydrogen (secondary N) is 1. The Morgan fingerprint density at radius 2 is 1.93 bits per heavy atom. The zero-order chi connectivity index (χ0) is 10.9. The summed E-state index contributed by atoms with van der Waals surface area (Å²) in [4.78, 5) is 0. The molecule has 1 aliphatic carbocycles. The van der Waals surface area contributed by atoms with Gasteiger partial charge in [-0.3, -0.25) is 0 Å². The molecule has 0 radical (unpaired) electrons. The van der Waals surface area contributed by atoms with Gasteiger partial charge in [-0.2, -0.15) is 11.8 Å². The molecule has 0 saturated heterocycles. The van der Waals surface area contributed by atoms with E-state index in [0.717, 1.165) is 18.5 Å². The number of hydrogen-bond acceptors (Lipinski definition) is 2. The summed E-state index contributed by atoms with van der Waals surface area (Å²) in [5.41, 5.74) is 0. The Morgan fingerprint density at radius 1 is 1.13 bits per heavy atom. The Hall–Kier alpha value is 0.310. The van der Waals surface area contributed by atoms with Gasteiger partial charge in [-0.15, -0.1) is 0 Å². The summed E-state index contributed by atoms with van der Waals surface area (Å²) in [7, 11) is 0. The summed E-state index contributed by atoms with van der Waals surface area (Å²) in [5.74, 6) is 3.59. The minimum absolute atomic E-state index is 0.815. The molecule has 1 fully saturated rings. The van der Waals surface area contributed by atoms with Gasteiger partial charge >= 0.3 is 0 Å². The highest BCUT2D eigenvalue weighted by Gasteiger charge is 2.22. The van der Waals surface area contributed by atoms with Crippen LogP contribution in [0, 0.1) is 5.92 Å². The van der Waals surface area contributed by atoms with E-state index in [4.69, 9.17) is 0 Å². The molecule has 1 N–H and O–H groups in total. The molecule has 15 heavy (non-hydrogen) atoms. The lowest BCUT2D eigenvalue weighted by Crippen LogP contribution is -2.35. The van der Waals surface area contributed by atoms with Gasteiger partial charge in [0, 0.05) is 6.04 Å². The van der Waals surface area contributed by atoms with Crippen molar-refractivity contribution in [2.45, 2.75) is 58.4 Å². The Morgan fingerprint density at radius 3 is 2.67 bits per heavy atom. The Labute approximate surface area is 99.8 Å². The smallest absolute Gasteiger partial charge is 0.00955 e. The first-order valence-electron chi connectivity index (χ1n) is 6.69. The molecule has 0 heterocycles. The van der Waals surface area contributed by atoms with Crippen molar-refractivity contribution < 1.29 is 0 Å². The van der Waals surface area contributed by atoms with Crippen molar-refractivity contribution in [3.8, 4) is 0 Å². The zero-order valence-corrected chi connectivity index (χ0v) is 11.2. The molecular weight excluding hydrogens is 202 g/mol. The second-order valence-corrected chi connectivity index (χ2v) is 5.94. The highest BCUT2D eigenvalue weighted by molar-refractivity contribution is 7.99. The van der Waals surface area contributed by atoms with E-state index in [9.17, 15) is 0 Å². The average Bonchev–Trinajstić information content (AvgIpc) is 2.45. The third-order valence-electron chi connectivity index (χ3n) is 3.46. The molecule has 0 aromatic carbocycles. The van der Waals surface area contributed by atoms with Gasteiger partial charge in [0.05, 0.1) is 0 Å². The summed E-state index contributed by atoms with van der Waals surface area (Å²) in [6.45, 7) is 5.64. The average molecular weight is 229 g/mol. The third kappa shape index (κ3) is 5.26. The third-order valence-corrected chi connectivity index (χ3v) is 4.40. The first-order chi connectivity index (χ1) is 7.38. The van der Waals surface area contributed by atoms with E-state index < -0.39 is 0 Å². The topological polar surface area (TPSA) is 12.0 Å². The van der Waals surface area contributed by atoms with Gasteiger partial charge in [0.25, 0.3) is 0 Å². The first-order valence-corrected chi connectivity index (χ1v) is 7.85. The van der Waals surface area contributed by atoms with E-state index in [1.165, 1.54) is 50.0 Å². The van der Waals surface area contributed by atoms with Crippen LogP contribution >= 0.6 is 11.8 Å². The lowest BCUT2D eigenvalue weighted by Gasteiger charge is -2.25. The van der Waals surface area contributed by atoms with Crippen molar-refractivity contribution in [1.82, 2.24) is 5.32 Å². The number of thioether (sulfide) groups is 1. The van der Waals surface area contributed by atoms with Crippen LogP contribution in [0.15, 0.2) is 0 Å². The fourth-order valence-electron chi connectivity index (χ4n) is 2.64. The van der Waals surface area contributed by atoms with Gasteiger partial charge in [-0.25, -0.2) is 0 Å². The quantitative estimate of drug-likeness (QED) is 0.551. The predicted molar refractivity (Wildman–Crippen MR) is 71.7 cm³/mol. The number of hydrogen-bond donors (Lipinski definition) is 1. The molecule has 2 atom stereocenters. The molecule has 2 heteroatoms. The lowest BCUT2D eigenvalue weighted by molar-refractivity contribution is 0.333. The molecule has 0 aliphatic heterocycles. The van der Waals surface area contributed by atoms with Crippen LogP contribution in [0.2, 0.25) is 0 Å².